The summed E-state index contributed by atoms with van der Waals surface area (Å²) in [6.07, 6.45) is 5.02. The van der Waals surface area contributed by atoms with Crippen molar-refractivity contribution in [2.45, 2.75) is 25.8 Å². The predicted octanol–water partition coefficient (Wildman–Crippen LogP) is 2.73. The van der Waals surface area contributed by atoms with E-state index in [1.807, 2.05) is 12.3 Å². The SMILES string of the molecule is CN=C(NCCc1ccccc1F)NCc1ccc(N2CCCC2)nc1. The van der Waals surface area contributed by atoms with Crippen LogP contribution in [0.1, 0.15) is 24.0 Å². The first kappa shape index (κ1) is 18.2. The molecule has 2 heterocycles. The van der Waals surface area contributed by atoms with Crippen LogP contribution >= 0.6 is 0 Å². The number of rotatable bonds is 6. The number of pyridine rings is 1. The molecule has 0 atom stereocenters. The van der Waals surface area contributed by atoms with E-state index in [1.165, 1.54) is 18.9 Å². The predicted molar refractivity (Wildman–Crippen MR) is 104 cm³/mol. The van der Waals surface area contributed by atoms with Gasteiger partial charge in [-0.25, -0.2) is 9.37 Å². The molecule has 1 aliphatic heterocycles. The number of nitrogens with one attached hydrogen (secondary N) is 2. The minimum absolute atomic E-state index is 0.165. The summed E-state index contributed by atoms with van der Waals surface area (Å²) in [6.45, 7) is 3.46. The van der Waals surface area contributed by atoms with Gasteiger partial charge in [0.05, 0.1) is 0 Å². The molecule has 0 unspecified atom stereocenters. The Morgan fingerprint density at radius 2 is 1.96 bits per heavy atom. The first-order chi connectivity index (χ1) is 12.8. The number of nitrogens with zero attached hydrogens (tertiary/aromatic N) is 3. The molecule has 138 valence electrons. The van der Waals surface area contributed by atoms with Crippen LogP contribution in [-0.4, -0.2) is 37.6 Å². The molecule has 2 aromatic rings. The summed E-state index contributed by atoms with van der Waals surface area (Å²) in [5, 5.41) is 6.48. The molecule has 0 saturated carbocycles. The number of aromatic nitrogens is 1. The van der Waals surface area contributed by atoms with Gasteiger partial charge in [-0.2, -0.15) is 0 Å². The Morgan fingerprint density at radius 3 is 2.65 bits per heavy atom. The zero-order valence-electron chi connectivity index (χ0n) is 15.2. The van der Waals surface area contributed by atoms with Crippen molar-refractivity contribution in [1.29, 1.82) is 0 Å². The highest BCUT2D eigenvalue weighted by Crippen LogP contribution is 2.17. The number of hydrogen-bond donors (Lipinski definition) is 2. The average molecular weight is 355 g/mol. The van der Waals surface area contributed by atoms with Gasteiger partial charge in [0.15, 0.2) is 5.96 Å². The van der Waals surface area contributed by atoms with E-state index in [-0.39, 0.29) is 5.82 Å². The topological polar surface area (TPSA) is 52.6 Å². The van der Waals surface area contributed by atoms with Crippen LogP contribution in [0, 0.1) is 5.82 Å². The standard InChI is InChI=1S/C20H26FN5/c1-22-20(23-11-10-17-6-2-3-7-18(17)21)25-15-16-8-9-19(24-14-16)26-12-4-5-13-26/h2-3,6-9,14H,4-5,10-13,15H2,1H3,(H2,22,23,25). The molecule has 3 rings (SSSR count). The third-order valence-corrected chi connectivity index (χ3v) is 4.57. The van der Waals surface area contributed by atoms with Gasteiger partial charge >= 0.3 is 0 Å². The summed E-state index contributed by atoms with van der Waals surface area (Å²) in [6, 6.07) is 11.0. The monoisotopic (exact) mass is 355 g/mol. The minimum Gasteiger partial charge on any atom is -0.357 e. The maximum atomic E-state index is 13.6. The quantitative estimate of drug-likeness (QED) is 0.618. The second-order valence-corrected chi connectivity index (χ2v) is 6.41. The van der Waals surface area contributed by atoms with E-state index in [2.05, 4.69) is 37.6 Å². The van der Waals surface area contributed by atoms with Gasteiger partial charge in [-0.1, -0.05) is 24.3 Å². The van der Waals surface area contributed by atoms with Crippen LogP contribution in [0.5, 0.6) is 0 Å². The lowest BCUT2D eigenvalue weighted by Gasteiger charge is -2.16. The van der Waals surface area contributed by atoms with Gasteiger partial charge in [-0.3, -0.25) is 4.99 Å². The average Bonchev–Trinajstić information content (AvgIpc) is 3.21. The summed E-state index contributed by atoms with van der Waals surface area (Å²) in [5.41, 5.74) is 1.81. The van der Waals surface area contributed by atoms with E-state index >= 15 is 0 Å². The first-order valence-corrected chi connectivity index (χ1v) is 9.14. The molecule has 0 bridgehead atoms. The van der Waals surface area contributed by atoms with Crippen LogP contribution in [-0.2, 0) is 13.0 Å². The van der Waals surface area contributed by atoms with Crippen molar-refractivity contribution in [3.63, 3.8) is 0 Å². The number of hydrogen-bond acceptors (Lipinski definition) is 3. The minimum atomic E-state index is -0.165. The van der Waals surface area contributed by atoms with Crippen LogP contribution in [0.15, 0.2) is 47.6 Å². The van der Waals surface area contributed by atoms with Gasteiger partial charge in [-0.05, 0) is 42.5 Å². The van der Waals surface area contributed by atoms with Crippen LogP contribution in [0.4, 0.5) is 10.2 Å². The fourth-order valence-electron chi connectivity index (χ4n) is 3.08. The maximum Gasteiger partial charge on any atom is 0.191 e. The fraction of sp³-hybridized carbons (Fsp3) is 0.400. The Hall–Kier alpha value is -2.63. The largest absolute Gasteiger partial charge is 0.357 e. The molecule has 2 N–H and O–H groups in total. The van der Waals surface area contributed by atoms with Gasteiger partial charge in [0, 0.05) is 39.4 Å². The molecule has 0 amide bonds. The van der Waals surface area contributed by atoms with Crippen molar-refractivity contribution < 1.29 is 4.39 Å². The highest BCUT2D eigenvalue weighted by Gasteiger charge is 2.12. The number of guanidine groups is 1. The van der Waals surface area contributed by atoms with Crippen molar-refractivity contribution in [1.82, 2.24) is 15.6 Å². The number of halogens is 1. The molecule has 1 saturated heterocycles. The summed E-state index contributed by atoms with van der Waals surface area (Å²) >= 11 is 0. The van der Waals surface area contributed by atoms with Crippen molar-refractivity contribution in [3.05, 3.63) is 59.5 Å². The lowest BCUT2D eigenvalue weighted by molar-refractivity contribution is 0.606. The second-order valence-electron chi connectivity index (χ2n) is 6.41. The van der Waals surface area contributed by atoms with E-state index in [0.29, 0.717) is 31.0 Å². The number of anilines is 1. The van der Waals surface area contributed by atoms with Crippen LogP contribution < -0.4 is 15.5 Å². The first-order valence-electron chi connectivity index (χ1n) is 9.14. The Balaban J connectivity index is 1.44. The molecule has 0 radical (unpaired) electrons. The molecule has 1 aromatic heterocycles. The number of aliphatic imine (C=N–C) groups is 1. The molecule has 1 aromatic carbocycles. The normalized spacial score (nSPS) is 14.5. The molecule has 0 aliphatic carbocycles. The fourth-order valence-corrected chi connectivity index (χ4v) is 3.08. The van der Waals surface area contributed by atoms with E-state index in [4.69, 9.17) is 0 Å². The summed E-state index contributed by atoms with van der Waals surface area (Å²) in [7, 11) is 1.73. The van der Waals surface area contributed by atoms with Crippen LogP contribution in [0.3, 0.4) is 0 Å². The Morgan fingerprint density at radius 1 is 1.15 bits per heavy atom. The number of benzene rings is 1. The van der Waals surface area contributed by atoms with Crippen molar-refractivity contribution >= 4 is 11.8 Å². The van der Waals surface area contributed by atoms with Gasteiger partial charge in [0.1, 0.15) is 11.6 Å². The second kappa shape index (κ2) is 9.17. The highest BCUT2D eigenvalue weighted by molar-refractivity contribution is 5.79. The molecule has 1 fully saturated rings. The van der Waals surface area contributed by atoms with Crippen molar-refractivity contribution in [2.75, 3.05) is 31.6 Å². The molecular formula is C20H26FN5. The van der Waals surface area contributed by atoms with E-state index in [9.17, 15) is 4.39 Å². The van der Waals surface area contributed by atoms with Crippen LogP contribution in [0.2, 0.25) is 0 Å². The molecular weight excluding hydrogens is 329 g/mol. The van der Waals surface area contributed by atoms with E-state index < -0.39 is 0 Å². The Kier molecular flexibility index (Phi) is 6.41. The molecule has 26 heavy (non-hydrogen) atoms. The highest BCUT2D eigenvalue weighted by atomic mass is 19.1. The summed E-state index contributed by atoms with van der Waals surface area (Å²) in [4.78, 5) is 11.1. The zero-order valence-corrected chi connectivity index (χ0v) is 15.2. The van der Waals surface area contributed by atoms with E-state index in [1.54, 1.807) is 19.2 Å². The maximum absolute atomic E-state index is 13.6. The third-order valence-electron chi connectivity index (χ3n) is 4.57. The smallest absolute Gasteiger partial charge is 0.191 e. The van der Waals surface area contributed by atoms with E-state index in [0.717, 1.165) is 24.5 Å². The lowest BCUT2D eigenvalue weighted by Crippen LogP contribution is -2.38. The van der Waals surface area contributed by atoms with Gasteiger partial charge in [0.25, 0.3) is 0 Å². The molecule has 0 spiro atoms. The Bertz CT molecular complexity index is 723. The van der Waals surface area contributed by atoms with Crippen molar-refractivity contribution in [2.24, 2.45) is 4.99 Å². The summed E-state index contributed by atoms with van der Waals surface area (Å²) < 4.78 is 13.6. The van der Waals surface area contributed by atoms with Crippen LogP contribution in [0.25, 0.3) is 0 Å². The molecule has 6 heteroatoms. The van der Waals surface area contributed by atoms with Crippen molar-refractivity contribution in [3.8, 4) is 0 Å². The lowest BCUT2D eigenvalue weighted by atomic mass is 10.1. The van der Waals surface area contributed by atoms with Gasteiger partial charge in [0.2, 0.25) is 0 Å². The molecule has 5 nitrogen and oxygen atoms in total. The molecule has 1 aliphatic rings. The third kappa shape index (κ3) is 4.94. The zero-order chi connectivity index (χ0) is 18.2. The summed E-state index contributed by atoms with van der Waals surface area (Å²) in [5.74, 6) is 1.59. The Labute approximate surface area is 154 Å². The van der Waals surface area contributed by atoms with Gasteiger partial charge < -0.3 is 15.5 Å². The van der Waals surface area contributed by atoms with Gasteiger partial charge in [-0.15, -0.1) is 0 Å².